The van der Waals surface area contributed by atoms with Crippen molar-refractivity contribution in [2.24, 2.45) is 0 Å². The van der Waals surface area contributed by atoms with E-state index in [1.54, 1.807) is 19.2 Å². The van der Waals surface area contributed by atoms with E-state index in [0.29, 0.717) is 24.4 Å². The van der Waals surface area contributed by atoms with E-state index in [1.807, 2.05) is 34.5 Å². The Balaban J connectivity index is 1.55. The summed E-state index contributed by atoms with van der Waals surface area (Å²) in [7, 11) is 1.56. The maximum absolute atomic E-state index is 12.4. The summed E-state index contributed by atoms with van der Waals surface area (Å²) in [6.45, 7) is 1.32. The molecule has 1 aliphatic heterocycles. The lowest BCUT2D eigenvalue weighted by Gasteiger charge is -2.32. The Morgan fingerprint density at radius 3 is 2.58 bits per heavy atom. The first-order chi connectivity index (χ1) is 11.7. The van der Waals surface area contributed by atoms with Crippen LogP contribution in [0.3, 0.4) is 0 Å². The average Bonchev–Trinajstić information content (AvgIpc) is 3.16. The van der Waals surface area contributed by atoms with Crippen LogP contribution in [0.1, 0.15) is 32.9 Å². The highest BCUT2D eigenvalue weighted by Crippen LogP contribution is 2.20. The lowest BCUT2D eigenvalue weighted by molar-refractivity contribution is 0.0702. The Morgan fingerprint density at radius 1 is 1.17 bits per heavy atom. The zero-order valence-electron chi connectivity index (χ0n) is 13.5. The van der Waals surface area contributed by atoms with Crippen LogP contribution in [0, 0.1) is 0 Å². The van der Waals surface area contributed by atoms with Gasteiger partial charge >= 0.3 is 0 Å². The van der Waals surface area contributed by atoms with Crippen LogP contribution >= 0.6 is 11.3 Å². The molecule has 24 heavy (non-hydrogen) atoms. The molecule has 5 nitrogen and oxygen atoms in total. The van der Waals surface area contributed by atoms with Gasteiger partial charge in [0.05, 0.1) is 17.6 Å². The van der Waals surface area contributed by atoms with E-state index in [1.165, 1.54) is 11.3 Å². The summed E-state index contributed by atoms with van der Waals surface area (Å²) in [6.07, 6.45) is 1.52. The Bertz CT molecular complexity index is 707. The molecule has 0 radical (unpaired) electrons. The third-order valence-electron chi connectivity index (χ3n) is 4.20. The molecule has 126 valence electrons. The molecule has 2 aromatic rings. The second-order valence-electron chi connectivity index (χ2n) is 5.72. The van der Waals surface area contributed by atoms with Gasteiger partial charge in [-0.3, -0.25) is 9.59 Å². The maximum atomic E-state index is 12.4. The topological polar surface area (TPSA) is 58.6 Å². The third kappa shape index (κ3) is 3.59. The van der Waals surface area contributed by atoms with E-state index in [-0.39, 0.29) is 17.9 Å². The summed E-state index contributed by atoms with van der Waals surface area (Å²) in [5.41, 5.74) is 0.539. The number of amides is 2. The molecule has 0 atom stereocenters. The number of nitrogens with one attached hydrogen (secondary N) is 1. The predicted octanol–water partition coefficient (Wildman–Crippen LogP) is 2.79. The highest BCUT2D eigenvalue weighted by atomic mass is 32.1. The van der Waals surface area contributed by atoms with Gasteiger partial charge in [0.1, 0.15) is 5.75 Å². The van der Waals surface area contributed by atoms with Gasteiger partial charge in [0.25, 0.3) is 11.8 Å². The first-order valence-corrected chi connectivity index (χ1v) is 8.83. The second kappa shape index (κ2) is 7.49. The SMILES string of the molecule is COc1ccccc1C(=O)NC1CCN(C(=O)c2cccs2)CC1. The Hall–Kier alpha value is -2.34. The molecule has 0 spiro atoms. The summed E-state index contributed by atoms with van der Waals surface area (Å²) in [6, 6.07) is 11.0. The number of benzene rings is 1. The summed E-state index contributed by atoms with van der Waals surface area (Å²) < 4.78 is 5.23. The Kier molecular flexibility index (Phi) is 5.15. The fourth-order valence-electron chi connectivity index (χ4n) is 2.88. The minimum Gasteiger partial charge on any atom is -0.496 e. The summed E-state index contributed by atoms with van der Waals surface area (Å²) in [5, 5.41) is 4.96. The molecule has 0 aliphatic carbocycles. The van der Waals surface area contributed by atoms with Gasteiger partial charge in [-0.2, -0.15) is 0 Å². The fraction of sp³-hybridized carbons (Fsp3) is 0.333. The van der Waals surface area contributed by atoms with Gasteiger partial charge in [-0.05, 0) is 36.4 Å². The largest absolute Gasteiger partial charge is 0.496 e. The first-order valence-electron chi connectivity index (χ1n) is 7.95. The zero-order valence-corrected chi connectivity index (χ0v) is 14.3. The van der Waals surface area contributed by atoms with Crippen molar-refractivity contribution >= 4 is 23.2 Å². The van der Waals surface area contributed by atoms with Gasteiger partial charge in [0.2, 0.25) is 0 Å². The molecule has 1 aromatic carbocycles. The molecule has 1 saturated heterocycles. The van der Waals surface area contributed by atoms with Crippen LogP contribution in [-0.2, 0) is 0 Å². The van der Waals surface area contributed by atoms with Crippen LogP contribution in [0.5, 0.6) is 5.75 Å². The van der Waals surface area contributed by atoms with Gasteiger partial charge in [0.15, 0.2) is 0 Å². The molecule has 1 N–H and O–H groups in total. The quantitative estimate of drug-likeness (QED) is 0.928. The number of carbonyl (C=O) groups excluding carboxylic acids is 2. The predicted molar refractivity (Wildman–Crippen MR) is 93.7 cm³/mol. The Morgan fingerprint density at radius 2 is 1.92 bits per heavy atom. The number of ether oxygens (including phenoxy) is 1. The van der Waals surface area contributed by atoms with E-state index < -0.39 is 0 Å². The lowest BCUT2D eigenvalue weighted by Crippen LogP contribution is -2.46. The lowest BCUT2D eigenvalue weighted by atomic mass is 10.0. The van der Waals surface area contributed by atoms with E-state index in [4.69, 9.17) is 4.74 Å². The molecule has 6 heteroatoms. The van der Waals surface area contributed by atoms with Crippen LogP contribution in [0.4, 0.5) is 0 Å². The number of piperidine rings is 1. The van der Waals surface area contributed by atoms with E-state index in [2.05, 4.69) is 5.32 Å². The fourth-order valence-corrected chi connectivity index (χ4v) is 3.57. The normalized spacial score (nSPS) is 15.1. The summed E-state index contributed by atoms with van der Waals surface area (Å²) in [5.74, 6) is 0.523. The molecule has 0 saturated carbocycles. The van der Waals surface area contributed by atoms with Crippen LogP contribution < -0.4 is 10.1 Å². The van der Waals surface area contributed by atoms with Crippen LogP contribution in [0.15, 0.2) is 41.8 Å². The smallest absolute Gasteiger partial charge is 0.263 e. The monoisotopic (exact) mass is 344 g/mol. The highest BCUT2D eigenvalue weighted by molar-refractivity contribution is 7.12. The highest BCUT2D eigenvalue weighted by Gasteiger charge is 2.25. The second-order valence-corrected chi connectivity index (χ2v) is 6.67. The molecule has 2 amide bonds. The van der Waals surface area contributed by atoms with Crippen LogP contribution in [0.25, 0.3) is 0 Å². The van der Waals surface area contributed by atoms with E-state index in [0.717, 1.165) is 17.7 Å². The standard InChI is InChI=1S/C18H20N2O3S/c1-23-15-6-3-2-5-14(15)17(21)19-13-8-10-20(11-9-13)18(22)16-7-4-12-24-16/h2-7,12-13H,8-11H2,1H3,(H,19,21). The van der Waals surface area contributed by atoms with Gasteiger partial charge < -0.3 is 15.0 Å². The van der Waals surface area contributed by atoms with Crippen molar-refractivity contribution < 1.29 is 14.3 Å². The molecule has 0 unspecified atom stereocenters. The molecular formula is C18H20N2O3S. The molecule has 1 aromatic heterocycles. The van der Waals surface area contributed by atoms with Crippen molar-refractivity contribution in [2.45, 2.75) is 18.9 Å². The van der Waals surface area contributed by atoms with Crippen LogP contribution in [-0.4, -0.2) is 43.0 Å². The third-order valence-corrected chi connectivity index (χ3v) is 5.06. The van der Waals surface area contributed by atoms with Crippen molar-refractivity contribution in [3.63, 3.8) is 0 Å². The minimum atomic E-state index is -0.129. The zero-order chi connectivity index (χ0) is 16.9. The van der Waals surface area contributed by atoms with E-state index in [9.17, 15) is 9.59 Å². The number of likely N-dealkylation sites (tertiary alicyclic amines) is 1. The van der Waals surface area contributed by atoms with E-state index >= 15 is 0 Å². The number of para-hydroxylation sites is 1. The van der Waals surface area contributed by atoms with Crippen molar-refractivity contribution in [2.75, 3.05) is 20.2 Å². The number of hydrogen-bond acceptors (Lipinski definition) is 4. The molecule has 2 heterocycles. The summed E-state index contributed by atoms with van der Waals surface area (Å²) in [4.78, 5) is 27.4. The van der Waals surface area contributed by atoms with Gasteiger partial charge in [-0.25, -0.2) is 0 Å². The average molecular weight is 344 g/mol. The minimum absolute atomic E-state index is 0.0785. The number of hydrogen-bond donors (Lipinski definition) is 1. The molecule has 0 bridgehead atoms. The maximum Gasteiger partial charge on any atom is 0.263 e. The van der Waals surface area contributed by atoms with Gasteiger partial charge in [0, 0.05) is 19.1 Å². The first kappa shape index (κ1) is 16.5. The number of carbonyl (C=O) groups is 2. The van der Waals surface area contributed by atoms with Gasteiger partial charge in [-0.15, -0.1) is 11.3 Å². The molecule has 1 aliphatic rings. The summed E-state index contributed by atoms with van der Waals surface area (Å²) >= 11 is 1.46. The number of methoxy groups -OCH3 is 1. The molecule has 3 rings (SSSR count). The molecule has 1 fully saturated rings. The van der Waals surface area contributed by atoms with Crippen molar-refractivity contribution in [1.82, 2.24) is 10.2 Å². The number of rotatable bonds is 4. The van der Waals surface area contributed by atoms with Crippen molar-refractivity contribution in [3.05, 3.63) is 52.2 Å². The Labute approximate surface area is 145 Å². The van der Waals surface area contributed by atoms with Crippen molar-refractivity contribution in [1.29, 1.82) is 0 Å². The van der Waals surface area contributed by atoms with Crippen LogP contribution in [0.2, 0.25) is 0 Å². The number of thiophene rings is 1. The van der Waals surface area contributed by atoms with Gasteiger partial charge in [-0.1, -0.05) is 18.2 Å². The number of nitrogens with zero attached hydrogens (tertiary/aromatic N) is 1. The van der Waals surface area contributed by atoms with Crippen molar-refractivity contribution in [3.8, 4) is 5.75 Å². The molecular weight excluding hydrogens is 324 g/mol.